The first-order valence-corrected chi connectivity index (χ1v) is 44.1. The number of nitrogens with zero attached hydrogens (tertiary/aromatic N) is 5. The Morgan fingerprint density at radius 1 is 0.262 bits per heavy atom. The van der Waals surface area contributed by atoms with E-state index in [0.29, 0.717) is 5.69 Å². The smallest absolute Gasteiger partial charge is 0.252 e. The van der Waals surface area contributed by atoms with Crippen LogP contribution in [0.3, 0.4) is 0 Å². The molecule has 0 saturated heterocycles. The second kappa shape index (κ2) is 27.2. The Morgan fingerprint density at radius 2 is 0.690 bits per heavy atom. The molecule has 0 bridgehead atoms. The average Bonchev–Trinajstić information content (AvgIpc) is 1.48. The van der Waals surface area contributed by atoms with Crippen LogP contribution in [0.15, 0.2) is 388 Å². The van der Waals surface area contributed by atoms with E-state index in [-0.39, 0.29) is 46.0 Å². The zero-order chi connectivity index (χ0) is 91.5. The van der Waals surface area contributed by atoms with E-state index in [4.69, 9.17) is 0 Å². The van der Waals surface area contributed by atoms with E-state index in [1.807, 2.05) is 0 Å². The number of para-hydroxylation sites is 6. The van der Waals surface area contributed by atoms with Gasteiger partial charge in [-0.3, -0.25) is 0 Å². The number of hydrogen-bond donors (Lipinski definition) is 0. The van der Waals surface area contributed by atoms with Crippen molar-refractivity contribution in [2.24, 2.45) is 0 Å². The van der Waals surface area contributed by atoms with Crippen LogP contribution in [0, 0.1) is 0 Å². The van der Waals surface area contributed by atoms with Crippen molar-refractivity contribution >= 4 is 147 Å². The van der Waals surface area contributed by atoms with Crippen LogP contribution in [-0.2, 0) is 21.7 Å². The summed E-state index contributed by atoms with van der Waals surface area (Å²) in [5.41, 5.74) is 36.2. The highest BCUT2D eigenvalue weighted by molar-refractivity contribution is 7.03. The van der Waals surface area contributed by atoms with Gasteiger partial charge in [0.1, 0.15) is 0 Å². The summed E-state index contributed by atoms with van der Waals surface area (Å²) >= 11 is 0. The van der Waals surface area contributed by atoms with Gasteiger partial charge in [0.15, 0.2) is 0 Å². The van der Waals surface area contributed by atoms with E-state index in [9.17, 15) is 11.0 Å². The van der Waals surface area contributed by atoms with Crippen LogP contribution in [0.2, 0.25) is 0 Å². The number of anilines is 12. The highest BCUT2D eigenvalue weighted by Crippen LogP contribution is 2.65. The van der Waals surface area contributed by atoms with Crippen LogP contribution in [0.4, 0.5) is 68.2 Å². The van der Waals surface area contributed by atoms with Gasteiger partial charge < -0.3 is 24.2 Å². The van der Waals surface area contributed by atoms with Crippen molar-refractivity contribution in [2.45, 2.75) is 84.0 Å². The summed E-state index contributed by atoms with van der Waals surface area (Å²) in [5, 5.41) is 2.17. The normalized spacial score (nSPS) is 14.9. The first kappa shape index (κ1) is 66.0. The van der Waals surface area contributed by atoms with Gasteiger partial charge in [0.05, 0.1) is 44.5 Å². The van der Waals surface area contributed by atoms with E-state index in [0.717, 1.165) is 151 Å². The molecule has 0 atom stereocenters. The van der Waals surface area contributed by atoms with Gasteiger partial charge in [-0.05, 0) is 241 Å². The van der Waals surface area contributed by atoms with Gasteiger partial charge in [-0.25, -0.2) is 0 Å². The molecule has 0 amide bonds. The molecule has 0 unspecified atom stereocenters. The van der Waals surface area contributed by atoms with Gasteiger partial charge in [-0.2, -0.15) is 0 Å². The molecule has 25 rings (SSSR count). The van der Waals surface area contributed by atoms with E-state index >= 15 is 0 Å². The number of fused-ring (bicyclic) bond motifs is 23. The maximum absolute atomic E-state index is 10.3. The van der Waals surface area contributed by atoms with Crippen LogP contribution >= 0.6 is 0 Å². The molecule has 7 heteroatoms. The van der Waals surface area contributed by atoms with Crippen molar-refractivity contribution < 1.29 is 11.0 Å². The summed E-state index contributed by atoms with van der Waals surface area (Å²) < 4.78 is 80.3. The molecule has 0 fully saturated rings. The maximum atomic E-state index is 10.3. The highest BCUT2D eigenvalue weighted by Gasteiger charge is 2.54. The van der Waals surface area contributed by atoms with Crippen molar-refractivity contribution in [3.05, 3.63) is 427 Å². The van der Waals surface area contributed by atoms with Gasteiger partial charge in [0.2, 0.25) is 0 Å². The SMILES string of the molecule is [2H]c1c([2H])c([2H])c2c(c1[2H])c1c([2H])c([2H])c([2H])c([2H])c1n2-c1cc2c3c(c1)N(c1c(-c4ccccc4)cc(C(C)(C)C)cc1-c1ccccc1)c1ccccc1B3c1cc3c(cc1N2c1cc(C(C)(C)C)cc(C(C)(C)C)c1)N(c1ccccc1)c1cc2cc(-c4cccc5c4C4(c6ccccc6-c6ccccc64)c4ccccc4-5)ccc2c2c1B3c1ccccc1N2c1ccccc1. The first-order chi connectivity index (χ1) is 64.8. The fourth-order valence-electron chi connectivity index (χ4n) is 22.4. The zero-order valence-electron chi connectivity index (χ0n) is 79.7. The van der Waals surface area contributed by atoms with Crippen molar-refractivity contribution in [3.63, 3.8) is 0 Å². The molecule has 0 saturated carbocycles. The minimum atomic E-state index is -0.616. The molecule has 5 nitrogen and oxygen atoms in total. The molecule has 0 radical (unpaired) electrons. The minimum absolute atomic E-state index is 0.00424. The van der Waals surface area contributed by atoms with Crippen molar-refractivity contribution in [2.75, 3.05) is 19.6 Å². The summed E-state index contributed by atoms with van der Waals surface area (Å²) in [4.78, 5) is 10.0. The standard InChI is InChI=1S/C119H91B2N5/c1-116(2,3)78-65-79(117(4,5)6)67-83(66-78)124-107-73-106-101(72-100(107)120-99-56-31-35-60-105(99)126(110-71-84(70-109(124)112(110)120)123-102-57-32-25-48-90(102)91-49-26-33-58-103(91)123)114-93(74-37-14-10-15-38-74)68-80(118(7,8)9)69-94(114)75-39-16-11-17-40-75)121-98-55-30-34-59-104(98)125(82-43-20-13-21-44-82)115-86-62-61-76(63-77(86)64-108(113(115)121)122(106)81-41-18-12-19-42-81)85-50-36-51-92-89-47-24-29-54-97(89)119(111(85)92)95-52-27-22-45-87(95)88-46-23-28-53-96(88)119/h10-73H,1-9H3/i25D,26D,32D,33D,48D,49D,57D,58D. The van der Waals surface area contributed by atoms with Gasteiger partial charge in [0, 0.05) is 84.2 Å². The summed E-state index contributed by atoms with van der Waals surface area (Å²) in [5.74, 6) is 0. The summed E-state index contributed by atoms with van der Waals surface area (Å²) in [6.45, 7) is 19.6. The second-order valence-corrected chi connectivity index (χ2v) is 38.0. The average molecular weight is 1620 g/mol. The molecule has 1 spiro atoms. The van der Waals surface area contributed by atoms with Crippen LogP contribution in [0.25, 0.3) is 93.9 Å². The highest BCUT2D eigenvalue weighted by atomic mass is 15.2. The summed E-state index contributed by atoms with van der Waals surface area (Å²) in [7, 11) is 0. The van der Waals surface area contributed by atoms with Gasteiger partial charge >= 0.3 is 0 Å². The molecular weight excluding hydrogens is 1520 g/mol. The van der Waals surface area contributed by atoms with Gasteiger partial charge in [-0.1, -0.05) is 347 Å². The lowest BCUT2D eigenvalue weighted by Gasteiger charge is -2.48. The fraction of sp³-hybridized carbons (Fsp3) is 0.109. The molecule has 6 aliphatic rings. The quantitative estimate of drug-likeness (QED) is 0.141. The molecule has 5 heterocycles. The lowest BCUT2D eigenvalue weighted by Crippen LogP contribution is -2.65. The Hall–Kier alpha value is -14.7. The fourth-order valence-corrected chi connectivity index (χ4v) is 22.4. The predicted molar refractivity (Wildman–Crippen MR) is 535 cm³/mol. The van der Waals surface area contributed by atoms with Gasteiger partial charge in [0.25, 0.3) is 13.4 Å². The van der Waals surface area contributed by atoms with Crippen LogP contribution in [0.1, 0.15) is 112 Å². The Bertz CT molecular complexity index is 8110. The molecule has 126 heavy (non-hydrogen) atoms. The van der Waals surface area contributed by atoms with E-state index in [2.05, 4.69) is 422 Å². The van der Waals surface area contributed by atoms with Crippen LogP contribution < -0.4 is 52.4 Å². The topological polar surface area (TPSA) is 17.9 Å². The van der Waals surface area contributed by atoms with Gasteiger partial charge in [-0.15, -0.1) is 0 Å². The van der Waals surface area contributed by atoms with Crippen molar-refractivity contribution in [1.29, 1.82) is 0 Å². The Morgan fingerprint density at radius 3 is 1.24 bits per heavy atom. The van der Waals surface area contributed by atoms with E-state index in [1.54, 1.807) is 4.57 Å². The molecule has 1 aromatic heterocycles. The molecule has 2 aliphatic carbocycles. The third-order valence-corrected chi connectivity index (χ3v) is 28.0. The van der Waals surface area contributed by atoms with Crippen molar-refractivity contribution in [3.8, 4) is 61.3 Å². The number of rotatable bonds is 8. The predicted octanol–water partition coefficient (Wildman–Crippen LogP) is 27.3. The third kappa shape index (κ3) is 10.6. The number of hydrogen-bond acceptors (Lipinski definition) is 4. The Labute approximate surface area is 749 Å². The zero-order valence-corrected chi connectivity index (χ0v) is 71.7. The Kier molecular flexibility index (Phi) is 14.2. The molecular formula is C119H91B2N5. The molecule has 0 N–H and O–H groups in total. The van der Waals surface area contributed by atoms with E-state index < -0.39 is 59.2 Å². The third-order valence-electron chi connectivity index (χ3n) is 28.0. The van der Waals surface area contributed by atoms with Crippen molar-refractivity contribution in [1.82, 2.24) is 4.57 Å². The monoisotopic (exact) mass is 1620 g/mol. The lowest BCUT2D eigenvalue weighted by molar-refractivity contribution is 0.569. The molecule has 598 valence electrons. The number of benzene rings is 18. The first-order valence-electron chi connectivity index (χ1n) is 48.1. The Balaban J connectivity index is 0.832. The second-order valence-electron chi connectivity index (χ2n) is 38.0. The maximum Gasteiger partial charge on any atom is 0.252 e. The van der Waals surface area contributed by atoms with Crippen LogP contribution in [-0.4, -0.2) is 18.0 Å². The molecule has 19 aromatic rings. The van der Waals surface area contributed by atoms with E-state index in [1.165, 1.54) is 55.5 Å². The molecule has 18 aromatic carbocycles. The summed E-state index contributed by atoms with van der Waals surface area (Å²) in [6, 6.07) is 123. The van der Waals surface area contributed by atoms with Crippen LogP contribution in [0.5, 0.6) is 0 Å². The minimum Gasteiger partial charge on any atom is -0.311 e. The lowest BCUT2D eigenvalue weighted by atomic mass is 9.30. The number of aromatic nitrogens is 1. The largest absolute Gasteiger partial charge is 0.311 e. The molecule has 4 aliphatic heterocycles. The summed E-state index contributed by atoms with van der Waals surface area (Å²) in [6.07, 6.45) is 0.